The van der Waals surface area contributed by atoms with Gasteiger partial charge in [-0.05, 0) is 68.6 Å². The minimum atomic E-state index is -6.95. The maximum Gasteiger partial charge on any atom is 0.451 e. The van der Waals surface area contributed by atoms with Gasteiger partial charge in [-0.2, -0.15) is 34.8 Å². The van der Waals surface area contributed by atoms with Gasteiger partial charge in [0, 0.05) is 12.8 Å². The summed E-state index contributed by atoms with van der Waals surface area (Å²) in [7, 11) is -6.95. The molecule has 2 unspecified atom stereocenters. The molecule has 4 bridgehead atoms. The summed E-state index contributed by atoms with van der Waals surface area (Å²) in [5, 5.41) is -5.88. The summed E-state index contributed by atoms with van der Waals surface area (Å²) in [6, 6.07) is 0. The summed E-state index contributed by atoms with van der Waals surface area (Å²) >= 11 is 0. The molecule has 0 aromatic heterocycles. The fourth-order valence-corrected chi connectivity index (χ4v) is 8.19. The number of carbonyl (C=O) groups is 1. The molecule has 0 aromatic rings. The first-order valence-corrected chi connectivity index (χ1v) is 14.5. The first-order valence-electron chi connectivity index (χ1n) is 13.1. The molecular weight excluding hydrogens is 565 g/mol. The Balaban J connectivity index is 1.62. The van der Waals surface area contributed by atoms with Crippen molar-refractivity contribution in [1.82, 2.24) is 0 Å². The topological polar surface area (TPSA) is 88.1 Å². The second-order valence-electron chi connectivity index (χ2n) is 11.9. The van der Waals surface area contributed by atoms with Crippen LogP contribution in [0.3, 0.4) is 0 Å². The Morgan fingerprint density at radius 3 is 1.79 bits per heavy atom. The summed E-state index contributed by atoms with van der Waals surface area (Å²) < 4.78 is 145. The summed E-state index contributed by atoms with van der Waals surface area (Å²) in [6.45, 7) is 3.11. The number of esters is 1. The maximum absolute atomic E-state index is 15.6. The van der Waals surface area contributed by atoms with Crippen molar-refractivity contribution in [2.75, 3.05) is 13.2 Å². The number of rotatable bonds is 9. The molecule has 0 radical (unpaired) electrons. The van der Waals surface area contributed by atoms with Crippen LogP contribution >= 0.6 is 0 Å². The van der Waals surface area contributed by atoms with Gasteiger partial charge in [0.05, 0.1) is 13.2 Å². The van der Waals surface area contributed by atoms with Gasteiger partial charge in [0.2, 0.25) is 0 Å². The summed E-state index contributed by atoms with van der Waals surface area (Å²) in [6.07, 6.45) is -14.1. The monoisotopic (exact) mass is 598 g/mol. The van der Waals surface area contributed by atoms with E-state index in [1.807, 2.05) is 0 Å². The first kappa shape index (κ1) is 30.8. The average Bonchev–Trinajstić information content (AvgIpc) is 2.75. The number of hydrogen-bond acceptors (Lipinski definition) is 7. The number of hydrogen-bond donors (Lipinski definition) is 0. The van der Waals surface area contributed by atoms with Crippen LogP contribution in [-0.2, 0) is 33.3 Å². The summed E-state index contributed by atoms with van der Waals surface area (Å²) in [4.78, 5) is 12.8. The molecule has 5 aliphatic rings. The fraction of sp³-hybridized carbons (Fsp3) is 0.958. The third-order valence-electron chi connectivity index (χ3n) is 8.11. The molecule has 5 fully saturated rings. The van der Waals surface area contributed by atoms with Crippen LogP contribution in [0.15, 0.2) is 0 Å². The number of alkyl halides is 7. The van der Waals surface area contributed by atoms with Crippen LogP contribution in [0.1, 0.15) is 71.6 Å². The van der Waals surface area contributed by atoms with Crippen molar-refractivity contribution in [3.8, 4) is 0 Å². The van der Waals surface area contributed by atoms with E-state index in [-0.39, 0.29) is 62.6 Å². The number of ether oxygens (including phenoxy) is 3. The standard InChI is InChI=1S/C24H33F7O7S/c1-14(2)9-21(35-4-3-5-36-21)13-18(23(26,27)28)38-39(33,34)22(25,24(29,30)31)19(32)37-20-10-15-6-16(11-20)8-17(7-15)12-20/h14-18H,3-13H2,1-2H3. The van der Waals surface area contributed by atoms with Crippen molar-refractivity contribution < 1.29 is 62.3 Å². The van der Waals surface area contributed by atoms with Gasteiger partial charge >= 0.3 is 33.4 Å². The highest BCUT2D eigenvalue weighted by atomic mass is 32.2. The lowest BCUT2D eigenvalue weighted by Crippen LogP contribution is -2.61. The third kappa shape index (κ3) is 6.06. The molecule has 0 N–H and O–H groups in total. The molecule has 226 valence electrons. The van der Waals surface area contributed by atoms with Gasteiger partial charge in [-0.25, -0.2) is 9.18 Å². The van der Waals surface area contributed by atoms with Crippen molar-refractivity contribution >= 4 is 16.1 Å². The molecule has 1 saturated heterocycles. The van der Waals surface area contributed by atoms with Crippen molar-refractivity contribution in [2.45, 2.75) is 106 Å². The van der Waals surface area contributed by atoms with Crippen LogP contribution in [0.25, 0.3) is 0 Å². The summed E-state index contributed by atoms with van der Waals surface area (Å²) in [5.74, 6) is -5.13. The molecule has 7 nitrogen and oxygen atoms in total. The van der Waals surface area contributed by atoms with Gasteiger partial charge in [0.25, 0.3) is 0 Å². The normalized spacial score (nSPS) is 33.1. The maximum atomic E-state index is 15.6. The van der Waals surface area contributed by atoms with Gasteiger partial charge in [-0.3, -0.25) is 4.18 Å². The third-order valence-corrected chi connectivity index (χ3v) is 9.68. The lowest BCUT2D eigenvalue weighted by atomic mass is 9.54. The quantitative estimate of drug-likeness (QED) is 0.195. The van der Waals surface area contributed by atoms with E-state index in [0.717, 1.165) is 19.3 Å². The van der Waals surface area contributed by atoms with Crippen molar-refractivity contribution in [1.29, 1.82) is 0 Å². The molecule has 4 saturated carbocycles. The van der Waals surface area contributed by atoms with E-state index in [2.05, 4.69) is 4.18 Å². The zero-order valence-corrected chi connectivity index (χ0v) is 22.4. The molecular formula is C24H33F7O7S. The molecule has 15 heteroatoms. The molecule has 0 spiro atoms. The van der Waals surface area contributed by atoms with Crippen molar-refractivity contribution in [2.24, 2.45) is 23.7 Å². The predicted octanol–water partition coefficient (Wildman–Crippen LogP) is 5.57. The Kier molecular flexibility index (Phi) is 8.10. The zero-order valence-electron chi connectivity index (χ0n) is 21.6. The van der Waals surface area contributed by atoms with Crippen LogP contribution in [0.5, 0.6) is 0 Å². The van der Waals surface area contributed by atoms with Crippen LogP contribution in [0.4, 0.5) is 30.7 Å². The van der Waals surface area contributed by atoms with E-state index in [0.29, 0.717) is 6.42 Å². The largest absolute Gasteiger partial charge is 0.456 e. The first-order chi connectivity index (χ1) is 17.8. The molecule has 0 amide bonds. The Labute approximate surface area is 222 Å². The van der Waals surface area contributed by atoms with Gasteiger partial charge in [0.1, 0.15) is 5.60 Å². The molecule has 1 aliphatic heterocycles. The zero-order chi connectivity index (χ0) is 29.1. The van der Waals surface area contributed by atoms with E-state index in [1.165, 1.54) is 0 Å². The molecule has 5 rings (SSSR count). The lowest BCUT2D eigenvalue weighted by Gasteiger charge is -2.55. The van der Waals surface area contributed by atoms with Gasteiger partial charge in [-0.15, -0.1) is 0 Å². The smallest absolute Gasteiger partial charge is 0.451 e. The van der Waals surface area contributed by atoms with Crippen LogP contribution < -0.4 is 0 Å². The Hall–Kier alpha value is -1.19. The van der Waals surface area contributed by atoms with Crippen LogP contribution in [0.2, 0.25) is 0 Å². The Bertz CT molecular complexity index is 986. The van der Waals surface area contributed by atoms with Gasteiger partial charge in [-0.1, -0.05) is 13.8 Å². The summed E-state index contributed by atoms with van der Waals surface area (Å²) in [5.41, 5.74) is -1.50. The highest BCUT2D eigenvalue weighted by Crippen LogP contribution is 2.58. The predicted molar refractivity (Wildman–Crippen MR) is 120 cm³/mol. The van der Waals surface area contributed by atoms with Crippen LogP contribution in [-0.4, -0.2) is 62.4 Å². The minimum absolute atomic E-state index is 0.0269. The highest BCUT2D eigenvalue weighted by Gasteiger charge is 2.75. The van der Waals surface area contributed by atoms with E-state index in [4.69, 9.17) is 14.2 Å². The second kappa shape index (κ2) is 10.3. The van der Waals surface area contributed by atoms with Crippen molar-refractivity contribution in [3.05, 3.63) is 0 Å². The van der Waals surface area contributed by atoms with Crippen molar-refractivity contribution in [3.63, 3.8) is 0 Å². The average molecular weight is 599 g/mol. The second-order valence-corrected chi connectivity index (χ2v) is 13.6. The highest BCUT2D eigenvalue weighted by molar-refractivity contribution is 7.88. The molecule has 39 heavy (non-hydrogen) atoms. The molecule has 2 atom stereocenters. The van der Waals surface area contributed by atoms with E-state index in [9.17, 15) is 39.6 Å². The van der Waals surface area contributed by atoms with E-state index in [1.54, 1.807) is 13.8 Å². The molecule has 4 aliphatic carbocycles. The minimum Gasteiger partial charge on any atom is -0.456 e. The van der Waals surface area contributed by atoms with Gasteiger partial charge < -0.3 is 14.2 Å². The van der Waals surface area contributed by atoms with E-state index >= 15 is 4.39 Å². The number of carbonyl (C=O) groups excluding carboxylic acids is 1. The molecule has 1 heterocycles. The fourth-order valence-electron chi connectivity index (χ4n) is 7.04. The lowest BCUT2D eigenvalue weighted by molar-refractivity contribution is -0.303. The van der Waals surface area contributed by atoms with E-state index < -0.39 is 57.4 Å². The molecule has 0 aromatic carbocycles. The SMILES string of the molecule is CC(C)CC1(CC(OS(=O)(=O)C(F)(C(=O)OC23CC4CC(CC(C4)C2)C3)C(F)(F)F)C(F)(F)F)OCCCO1. The number of halogens is 7. The van der Waals surface area contributed by atoms with Crippen LogP contribution in [0, 0.1) is 23.7 Å². The Morgan fingerprint density at radius 2 is 1.38 bits per heavy atom. The Morgan fingerprint density at radius 1 is 0.897 bits per heavy atom. The van der Waals surface area contributed by atoms with Gasteiger partial charge in [0.15, 0.2) is 11.9 Å².